The number of nitrogens with zero attached hydrogens (tertiary/aromatic N) is 1. The number of halogens is 1. The van der Waals surface area contributed by atoms with E-state index in [2.05, 4.69) is 10.6 Å². The molecule has 13 heteroatoms. The van der Waals surface area contributed by atoms with Crippen LogP contribution in [0.3, 0.4) is 0 Å². The lowest BCUT2D eigenvalue weighted by Crippen LogP contribution is -2.54. The van der Waals surface area contributed by atoms with Crippen LogP contribution in [-0.2, 0) is 40.6 Å². The molecule has 0 aromatic heterocycles. The maximum absolute atomic E-state index is 14.2. The summed E-state index contributed by atoms with van der Waals surface area (Å²) >= 11 is 6.23. The van der Waals surface area contributed by atoms with Crippen molar-refractivity contribution in [3.63, 3.8) is 0 Å². The molecule has 2 unspecified atom stereocenters. The largest absolute Gasteiger partial charge is 0.508 e. The molecule has 0 aliphatic carbocycles. The van der Waals surface area contributed by atoms with E-state index < -0.39 is 51.9 Å². The van der Waals surface area contributed by atoms with Gasteiger partial charge in [-0.2, -0.15) is 4.89 Å². The van der Waals surface area contributed by atoms with E-state index in [4.69, 9.17) is 21.4 Å². The number of amides is 2. The number of phenols is 1. The molecule has 3 aromatic rings. The van der Waals surface area contributed by atoms with Crippen LogP contribution in [0.2, 0.25) is 5.02 Å². The molecular formula is C31H34ClN3O8S. The van der Waals surface area contributed by atoms with Gasteiger partial charge in [0, 0.05) is 11.4 Å². The molecule has 1 heterocycles. The Labute approximate surface area is 261 Å². The highest BCUT2D eigenvalue weighted by Crippen LogP contribution is 2.38. The summed E-state index contributed by atoms with van der Waals surface area (Å²) in [5.41, 5.74) is 1.08. The van der Waals surface area contributed by atoms with Gasteiger partial charge in [-0.1, -0.05) is 35.9 Å². The highest BCUT2D eigenvalue weighted by atomic mass is 35.5. The minimum absolute atomic E-state index is 0.0176. The van der Waals surface area contributed by atoms with E-state index in [1.807, 2.05) is 0 Å². The fourth-order valence-corrected chi connectivity index (χ4v) is 6.73. The number of para-hydroxylation sites is 2. The highest BCUT2D eigenvalue weighted by molar-refractivity contribution is 7.93. The lowest BCUT2D eigenvalue weighted by Gasteiger charge is -2.37. The standard InChI is InChI=1S/C31H34ClN3O8S/c1-18-15-27(19(2)14-22(18)32)44(40,41)35-25-9-7-6-8-23(25)34-29(38)26(35)17-28(37)33-24(30(39)42-43-31(3,4)5)16-20-10-12-21(36)13-11-20/h6-15,24,26,36H,16-17H2,1-5H3,(H,33,37)(H,34,38). The second kappa shape index (κ2) is 12.8. The fraction of sp³-hybridized carbons (Fsp3) is 0.323. The number of rotatable bonds is 9. The Morgan fingerprint density at radius 2 is 1.73 bits per heavy atom. The Balaban J connectivity index is 1.67. The van der Waals surface area contributed by atoms with Crippen LogP contribution in [0.15, 0.2) is 65.6 Å². The lowest BCUT2D eigenvalue weighted by molar-refractivity contribution is -0.321. The quantitative estimate of drug-likeness (QED) is 0.227. The van der Waals surface area contributed by atoms with Crippen molar-refractivity contribution in [3.05, 3.63) is 82.4 Å². The number of aryl methyl sites for hydroxylation is 2. The minimum atomic E-state index is -4.40. The van der Waals surface area contributed by atoms with Crippen molar-refractivity contribution in [1.82, 2.24) is 5.32 Å². The zero-order valence-corrected chi connectivity index (χ0v) is 26.5. The maximum atomic E-state index is 14.2. The zero-order valence-electron chi connectivity index (χ0n) is 24.9. The third kappa shape index (κ3) is 7.50. The molecule has 3 aromatic carbocycles. The first kappa shape index (κ1) is 32.8. The number of hydrogen-bond donors (Lipinski definition) is 3. The molecule has 44 heavy (non-hydrogen) atoms. The van der Waals surface area contributed by atoms with Crippen LogP contribution in [-0.4, -0.2) is 49.0 Å². The first-order chi connectivity index (χ1) is 20.6. The molecule has 0 saturated carbocycles. The molecule has 0 spiro atoms. The average Bonchev–Trinajstić information content (AvgIpc) is 2.94. The normalized spacial score (nSPS) is 15.6. The number of anilines is 2. The molecule has 2 amide bonds. The van der Waals surface area contributed by atoms with Crippen LogP contribution in [0.25, 0.3) is 0 Å². The molecule has 0 radical (unpaired) electrons. The van der Waals surface area contributed by atoms with Gasteiger partial charge >= 0.3 is 5.97 Å². The summed E-state index contributed by atoms with van der Waals surface area (Å²) < 4.78 is 29.4. The van der Waals surface area contributed by atoms with E-state index in [-0.39, 0.29) is 28.4 Å². The number of nitrogens with one attached hydrogen (secondary N) is 2. The molecule has 0 bridgehead atoms. The van der Waals surface area contributed by atoms with E-state index >= 15 is 0 Å². The topological polar surface area (TPSA) is 151 Å². The Bertz CT molecular complexity index is 1690. The molecule has 4 rings (SSSR count). The molecule has 3 N–H and O–H groups in total. The minimum Gasteiger partial charge on any atom is -0.508 e. The van der Waals surface area contributed by atoms with Gasteiger partial charge in [0.15, 0.2) is 0 Å². The lowest BCUT2D eigenvalue weighted by atomic mass is 10.0. The molecule has 2 atom stereocenters. The van der Waals surface area contributed by atoms with Crippen LogP contribution >= 0.6 is 11.6 Å². The van der Waals surface area contributed by atoms with Gasteiger partial charge in [0.05, 0.1) is 22.7 Å². The molecule has 1 aliphatic heterocycles. The number of sulfonamides is 1. The summed E-state index contributed by atoms with van der Waals surface area (Å²) in [4.78, 5) is 50.0. The van der Waals surface area contributed by atoms with Crippen LogP contribution in [0.4, 0.5) is 11.4 Å². The number of phenolic OH excluding ortho intramolecular Hbond substituents is 1. The average molecular weight is 644 g/mol. The van der Waals surface area contributed by atoms with Gasteiger partial charge in [-0.05, 0) is 87.7 Å². The third-order valence-corrected chi connectivity index (χ3v) is 9.10. The van der Waals surface area contributed by atoms with Crippen molar-refractivity contribution in [1.29, 1.82) is 0 Å². The number of carbonyl (C=O) groups is 3. The first-order valence-electron chi connectivity index (χ1n) is 13.7. The van der Waals surface area contributed by atoms with Crippen molar-refractivity contribution in [2.45, 2.75) is 70.0 Å². The molecule has 0 fully saturated rings. The summed E-state index contributed by atoms with van der Waals surface area (Å²) in [7, 11) is -4.40. The van der Waals surface area contributed by atoms with E-state index in [1.165, 1.54) is 30.3 Å². The van der Waals surface area contributed by atoms with Crippen LogP contribution < -0.4 is 14.9 Å². The number of fused-ring (bicyclic) bond motifs is 1. The van der Waals surface area contributed by atoms with Gasteiger partial charge in [0.25, 0.3) is 10.0 Å². The predicted octanol–water partition coefficient (Wildman–Crippen LogP) is 4.57. The molecule has 1 aliphatic rings. The van der Waals surface area contributed by atoms with E-state index in [0.29, 0.717) is 21.7 Å². The van der Waals surface area contributed by atoms with Crippen molar-refractivity contribution >= 4 is 50.8 Å². The van der Waals surface area contributed by atoms with Crippen molar-refractivity contribution in [2.24, 2.45) is 0 Å². The Morgan fingerprint density at radius 1 is 1.07 bits per heavy atom. The third-order valence-electron chi connectivity index (χ3n) is 6.73. The molecular weight excluding hydrogens is 610 g/mol. The first-order valence-corrected chi connectivity index (χ1v) is 15.6. The van der Waals surface area contributed by atoms with Gasteiger partial charge in [-0.3, -0.25) is 18.8 Å². The summed E-state index contributed by atoms with van der Waals surface area (Å²) in [6.45, 7) is 8.28. The maximum Gasteiger partial charge on any atom is 0.364 e. The van der Waals surface area contributed by atoms with Crippen LogP contribution in [0.5, 0.6) is 5.75 Å². The summed E-state index contributed by atoms with van der Waals surface area (Å²) in [5, 5.41) is 15.3. The van der Waals surface area contributed by atoms with Gasteiger partial charge < -0.3 is 15.7 Å². The fourth-order valence-electron chi connectivity index (χ4n) is 4.59. The van der Waals surface area contributed by atoms with E-state index in [1.54, 1.807) is 65.0 Å². The predicted molar refractivity (Wildman–Crippen MR) is 165 cm³/mol. The van der Waals surface area contributed by atoms with E-state index in [0.717, 1.165) is 4.31 Å². The molecule has 234 valence electrons. The smallest absolute Gasteiger partial charge is 0.364 e. The monoisotopic (exact) mass is 643 g/mol. The summed E-state index contributed by atoms with van der Waals surface area (Å²) in [6.07, 6.45) is -0.659. The van der Waals surface area contributed by atoms with Crippen LogP contribution in [0.1, 0.15) is 43.9 Å². The van der Waals surface area contributed by atoms with Crippen molar-refractivity contribution in [2.75, 3.05) is 9.62 Å². The van der Waals surface area contributed by atoms with Crippen molar-refractivity contribution in [3.8, 4) is 5.75 Å². The molecule has 0 saturated heterocycles. The van der Waals surface area contributed by atoms with Crippen LogP contribution in [0, 0.1) is 13.8 Å². The Kier molecular flexibility index (Phi) is 9.57. The highest BCUT2D eigenvalue weighted by Gasteiger charge is 2.43. The molecule has 11 nitrogen and oxygen atoms in total. The zero-order chi connectivity index (χ0) is 32.4. The number of carbonyl (C=O) groups excluding carboxylic acids is 3. The van der Waals surface area contributed by atoms with Gasteiger partial charge in [-0.15, -0.1) is 0 Å². The van der Waals surface area contributed by atoms with Gasteiger partial charge in [0.1, 0.15) is 23.4 Å². The Hall–Kier alpha value is -4.13. The number of hydrogen-bond acceptors (Lipinski definition) is 8. The summed E-state index contributed by atoms with van der Waals surface area (Å²) in [5.74, 6) is -2.40. The Morgan fingerprint density at radius 3 is 2.39 bits per heavy atom. The second-order valence-corrected chi connectivity index (χ2v) is 13.7. The van der Waals surface area contributed by atoms with Gasteiger partial charge in [0.2, 0.25) is 11.8 Å². The number of aromatic hydroxyl groups is 1. The van der Waals surface area contributed by atoms with Crippen molar-refractivity contribution < 1.29 is 37.7 Å². The second-order valence-electron chi connectivity index (χ2n) is 11.5. The van der Waals surface area contributed by atoms with Gasteiger partial charge in [-0.25, -0.2) is 13.2 Å². The summed E-state index contributed by atoms with van der Waals surface area (Å²) in [6, 6.07) is 12.6. The van der Waals surface area contributed by atoms with E-state index in [9.17, 15) is 27.9 Å². The SMILES string of the molecule is Cc1cc(S(=O)(=O)N2c3ccccc3NC(=O)C2CC(=O)NC(Cc2ccc(O)cc2)C(=O)OOC(C)(C)C)c(C)cc1Cl. The number of benzene rings is 3.